The Morgan fingerprint density at radius 1 is 0.815 bits per heavy atom. The number of aromatic nitrogens is 5. The van der Waals surface area contributed by atoms with E-state index in [2.05, 4.69) is 25.0 Å². The molecule has 1 saturated heterocycles. The van der Waals surface area contributed by atoms with Crippen LogP contribution in [0.2, 0.25) is 0 Å². The molecule has 27 heavy (non-hydrogen) atoms. The lowest BCUT2D eigenvalue weighted by molar-refractivity contribution is -0.137. The van der Waals surface area contributed by atoms with E-state index in [1.165, 1.54) is 12.5 Å². The minimum absolute atomic E-state index is 0.337. The van der Waals surface area contributed by atoms with Crippen LogP contribution in [0.15, 0.2) is 49.2 Å². The highest BCUT2D eigenvalue weighted by Gasteiger charge is 2.31. The Balaban J connectivity index is 1.46. The number of piperazine rings is 1. The van der Waals surface area contributed by atoms with Gasteiger partial charge in [0.15, 0.2) is 5.82 Å². The molecule has 0 aliphatic carbocycles. The zero-order valence-electron chi connectivity index (χ0n) is 14.2. The van der Waals surface area contributed by atoms with Gasteiger partial charge in [0.1, 0.15) is 18.0 Å². The Morgan fingerprint density at radius 2 is 1.48 bits per heavy atom. The van der Waals surface area contributed by atoms with Crippen molar-refractivity contribution >= 4 is 11.6 Å². The van der Waals surface area contributed by atoms with Gasteiger partial charge in [0.25, 0.3) is 0 Å². The lowest BCUT2D eigenvalue weighted by Gasteiger charge is -2.36. The van der Waals surface area contributed by atoms with Crippen LogP contribution in [-0.4, -0.2) is 50.9 Å². The predicted molar refractivity (Wildman–Crippen MR) is 92.8 cm³/mol. The molecule has 4 heterocycles. The van der Waals surface area contributed by atoms with Crippen LogP contribution in [-0.2, 0) is 6.18 Å². The van der Waals surface area contributed by atoms with Crippen LogP contribution in [0, 0.1) is 0 Å². The van der Waals surface area contributed by atoms with Crippen molar-refractivity contribution < 1.29 is 13.2 Å². The molecule has 0 saturated carbocycles. The summed E-state index contributed by atoms with van der Waals surface area (Å²) in [6.45, 7) is 2.34. The molecule has 0 radical (unpaired) electrons. The largest absolute Gasteiger partial charge is 0.416 e. The summed E-state index contributed by atoms with van der Waals surface area (Å²) in [6, 6.07) is 5.72. The SMILES string of the molecule is FC(F)(F)c1ccnc(N2CCN(c3cc(-n4cccn4)ncn3)CC2)c1. The normalized spacial score (nSPS) is 15.2. The molecule has 0 N–H and O–H groups in total. The molecular weight excluding hydrogens is 359 g/mol. The molecule has 10 heteroatoms. The average Bonchev–Trinajstić information content (AvgIpc) is 3.23. The second kappa shape index (κ2) is 6.86. The molecule has 0 atom stereocenters. The van der Waals surface area contributed by atoms with E-state index in [0.717, 1.165) is 18.0 Å². The maximum absolute atomic E-state index is 12.9. The number of pyridine rings is 1. The highest BCUT2D eigenvalue weighted by atomic mass is 19.4. The molecule has 0 spiro atoms. The molecule has 0 amide bonds. The Labute approximate surface area is 153 Å². The van der Waals surface area contributed by atoms with Crippen LogP contribution in [0.1, 0.15) is 5.56 Å². The standard InChI is InChI=1S/C17H16F3N7/c18-17(19,20)13-2-4-21-14(10-13)25-6-8-26(9-7-25)15-11-16(23-12-22-15)27-5-1-3-24-27/h1-5,10-12H,6-9H2. The Hall–Kier alpha value is -3.17. The van der Waals surface area contributed by atoms with Crippen molar-refractivity contribution in [3.05, 3.63) is 54.7 Å². The minimum Gasteiger partial charge on any atom is -0.353 e. The fourth-order valence-electron chi connectivity index (χ4n) is 2.97. The summed E-state index contributed by atoms with van der Waals surface area (Å²) in [4.78, 5) is 16.5. The first kappa shape index (κ1) is 17.3. The summed E-state index contributed by atoms with van der Waals surface area (Å²) in [5.41, 5.74) is -0.686. The van der Waals surface area contributed by atoms with Crippen molar-refractivity contribution in [2.24, 2.45) is 0 Å². The molecule has 7 nitrogen and oxygen atoms in total. The Bertz CT molecular complexity index is 903. The molecule has 140 valence electrons. The fourth-order valence-corrected chi connectivity index (χ4v) is 2.97. The van der Waals surface area contributed by atoms with Crippen molar-refractivity contribution in [2.45, 2.75) is 6.18 Å². The number of anilines is 2. The predicted octanol–water partition coefficient (Wildman–Crippen LogP) is 2.40. The molecule has 3 aromatic heterocycles. The van der Waals surface area contributed by atoms with Gasteiger partial charge < -0.3 is 9.80 Å². The van der Waals surface area contributed by atoms with Crippen molar-refractivity contribution in [1.29, 1.82) is 0 Å². The topological polar surface area (TPSA) is 63.0 Å². The van der Waals surface area contributed by atoms with E-state index in [1.54, 1.807) is 17.1 Å². The molecule has 0 bridgehead atoms. The molecule has 1 fully saturated rings. The van der Waals surface area contributed by atoms with E-state index < -0.39 is 11.7 Å². The third kappa shape index (κ3) is 3.69. The third-order valence-corrected chi connectivity index (χ3v) is 4.38. The zero-order valence-corrected chi connectivity index (χ0v) is 14.2. The number of halogens is 3. The summed E-state index contributed by atoms with van der Waals surface area (Å²) < 4.78 is 40.3. The summed E-state index contributed by atoms with van der Waals surface area (Å²) >= 11 is 0. The first-order chi connectivity index (χ1) is 13.0. The Kier molecular flexibility index (Phi) is 4.38. The molecule has 1 aliphatic heterocycles. The van der Waals surface area contributed by atoms with Crippen molar-refractivity contribution in [3.63, 3.8) is 0 Å². The van der Waals surface area contributed by atoms with E-state index in [-0.39, 0.29) is 0 Å². The van der Waals surface area contributed by atoms with Gasteiger partial charge in [-0.2, -0.15) is 18.3 Å². The van der Waals surface area contributed by atoms with Crippen LogP contribution < -0.4 is 9.80 Å². The van der Waals surface area contributed by atoms with Gasteiger partial charge in [-0.1, -0.05) is 0 Å². The van der Waals surface area contributed by atoms with Crippen molar-refractivity contribution in [2.75, 3.05) is 36.0 Å². The molecule has 4 rings (SSSR count). The van der Waals surface area contributed by atoms with Crippen LogP contribution in [0.5, 0.6) is 0 Å². The lowest BCUT2D eigenvalue weighted by atomic mass is 10.2. The highest BCUT2D eigenvalue weighted by molar-refractivity contribution is 5.48. The van der Waals surface area contributed by atoms with E-state index in [9.17, 15) is 13.2 Å². The Morgan fingerprint density at radius 3 is 2.11 bits per heavy atom. The quantitative estimate of drug-likeness (QED) is 0.701. The van der Waals surface area contributed by atoms with Gasteiger partial charge in [0.05, 0.1) is 5.56 Å². The van der Waals surface area contributed by atoms with E-state index in [0.29, 0.717) is 37.8 Å². The summed E-state index contributed by atoms with van der Waals surface area (Å²) in [6.07, 6.45) is 1.77. The van der Waals surface area contributed by atoms with Gasteiger partial charge in [-0.15, -0.1) is 0 Å². The van der Waals surface area contributed by atoms with E-state index in [1.807, 2.05) is 17.0 Å². The molecule has 0 aromatic carbocycles. The van der Waals surface area contributed by atoms with E-state index in [4.69, 9.17) is 0 Å². The van der Waals surface area contributed by atoms with Crippen molar-refractivity contribution in [3.8, 4) is 5.82 Å². The van der Waals surface area contributed by atoms with Crippen LogP contribution in [0.25, 0.3) is 5.82 Å². The number of alkyl halides is 3. The average molecular weight is 375 g/mol. The molecule has 3 aromatic rings. The molecular formula is C17H16F3N7. The second-order valence-electron chi connectivity index (χ2n) is 6.06. The van der Waals surface area contributed by atoms with Gasteiger partial charge in [0, 0.05) is 50.8 Å². The van der Waals surface area contributed by atoms with Gasteiger partial charge >= 0.3 is 6.18 Å². The van der Waals surface area contributed by atoms with Crippen LogP contribution in [0.4, 0.5) is 24.8 Å². The number of rotatable bonds is 3. The number of hydrogen-bond donors (Lipinski definition) is 0. The lowest BCUT2D eigenvalue weighted by Crippen LogP contribution is -2.47. The van der Waals surface area contributed by atoms with Crippen LogP contribution >= 0.6 is 0 Å². The van der Waals surface area contributed by atoms with Gasteiger partial charge in [-0.3, -0.25) is 0 Å². The first-order valence-electron chi connectivity index (χ1n) is 8.36. The summed E-state index contributed by atoms with van der Waals surface area (Å²) in [7, 11) is 0. The summed E-state index contributed by atoms with van der Waals surface area (Å²) in [5, 5.41) is 4.15. The highest BCUT2D eigenvalue weighted by Crippen LogP contribution is 2.31. The fraction of sp³-hybridized carbons (Fsp3) is 0.294. The maximum atomic E-state index is 12.9. The zero-order chi connectivity index (χ0) is 18.9. The molecule has 0 unspecified atom stereocenters. The number of hydrogen-bond acceptors (Lipinski definition) is 6. The minimum atomic E-state index is -4.37. The first-order valence-corrected chi connectivity index (χ1v) is 8.36. The maximum Gasteiger partial charge on any atom is 0.416 e. The summed E-state index contributed by atoms with van der Waals surface area (Å²) in [5.74, 6) is 1.75. The van der Waals surface area contributed by atoms with E-state index >= 15 is 0 Å². The monoisotopic (exact) mass is 375 g/mol. The smallest absolute Gasteiger partial charge is 0.353 e. The van der Waals surface area contributed by atoms with Gasteiger partial charge in [-0.05, 0) is 18.2 Å². The van der Waals surface area contributed by atoms with Gasteiger partial charge in [0.2, 0.25) is 0 Å². The molecule has 1 aliphatic rings. The third-order valence-electron chi connectivity index (χ3n) is 4.38. The number of nitrogens with zero attached hydrogens (tertiary/aromatic N) is 7. The van der Waals surface area contributed by atoms with Crippen molar-refractivity contribution in [1.82, 2.24) is 24.7 Å². The second-order valence-corrected chi connectivity index (χ2v) is 6.06. The van der Waals surface area contributed by atoms with Crippen LogP contribution in [0.3, 0.4) is 0 Å². The van der Waals surface area contributed by atoms with Gasteiger partial charge in [-0.25, -0.2) is 19.6 Å².